The summed E-state index contributed by atoms with van der Waals surface area (Å²) in [5, 5.41) is 11.4. The topological polar surface area (TPSA) is 72.2 Å². The Morgan fingerprint density at radius 2 is 2.09 bits per heavy atom. The standard InChI is InChI=1S/C15H11FN2O3S/c1-7-6-22-15(17-7)18-8(2)11(14(20)21)9-4-3-5-10(16)12(9)13(18)19/h3-6H,1-2H3,(H,20,21). The van der Waals surface area contributed by atoms with Crippen molar-refractivity contribution in [2.45, 2.75) is 13.8 Å². The summed E-state index contributed by atoms with van der Waals surface area (Å²) in [5.41, 5.74) is 0.230. The summed E-state index contributed by atoms with van der Waals surface area (Å²) in [6.07, 6.45) is 0. The second-order valence-corrected chi connectivity index (χ2v) is 5.68. The highest BCUT2D eigenvalue weighted by Gasteiger charge is 2.22. The highest BCUT2D eigenvalue weighted by atomic mass is 32.1. The van der Waals surface area contributed by atoms with E-state index in [1.54, 1.807) is 12.3 Å². The molecule has 2 aromatic heterocycles. The molecule has 1 aromatic carbocycles. The van der Waals surface area contributed by atoms with Gasteiger partial charge in [-0.15, -0.1) is 11.3 Å². The highest BCUT2D eigenvalue weighted by molar-refractivity contribution is 7.12. The van der Waals surface area contributed by atoms with Gasteiger partial charge in [0.25, 0.3) is 5.56 Å². The lowest BCUT2D eigenvalue weighted by Crippen LogP contribution is -2.25. The molecule has 112 valence electrons. The maximum Gasteiger partial charge on any atom is 0.338 e. The predicted molar refractivity (Wildman–Crippen MR) is 81.6 cm³/mol. The number of benzene rings is 1. The second-order valence-electron chi connectivity index (χ2n) is 4.84. The van der Waals surface area contributed by atoms with E-state index in [2.05, 4.69) is 4.98 Å². The van der Waals surface area contributed by atoms with Gasteiger partial charge < -0.3 is 5.11 Å². The third kappa shape index (κ3) is 2.01. The molecule has 0 radical (unpaired) electrons. The third-order valence-corrected chi connectivity index (χ3v) is 4.35. The molecule has 0 saturated heterocycles. The minimum Gasteiger partial charge on any atom is -0.478 e. The molecule has 3 aromatic rings. The minimum atomic E-state index is -1.21. The van der Waals surface area contributed by atoms with Gasteiger partial charge in [-0.1, -0.05) is 12.1 Å². The summed E-state index contributed by atoms with van der Waals surface area (Å²) in [7, 11) is 0. The summed E-state index contributed by atoms with van der Waals surface area (Å²) < 4.78 is 15.3. The van der Waals surface area contributed by atoms with Gasteiger partial charge in [0.1, 0.15) is 5.82 Å². The number of carboxylic acid groups (broad SMARTS) is 1. The van der Waals surface area contributed by atoms with Gasteiger partial charge in [0, 0.05) is 16.5 Å². The van der Waals surface area contributed by atoms with Crippen LogP contribution in [-0.4, -0.2) is 20.6 Å². The maximum absolute atomic E-state index is 14.1. The zero-order valence-corrected chi connectivity index (χ0v) is 12.6. The van der Waals surface area contributed by atoms with Crippen molar-refractivity contribution in [3.05, 3.63) is 56.7 Å². The van der Waals surface area contributed by atoms with E-state index in [0.29, 0.717) is 10.8 Å². The largest absolute Gasteiger partial charge is 0.478 e. The van der Waals surface area contributed by atoms with Gasteiger partial charge in [-0.2, -0.15) is 0 Å². The molecule has 0 unspecified atom stereocenters. The SMILES string of the molecule is Cc1csc(-n2c(C)c(C(=O)O)c3cccc(F)c3c2=O)n1. The molecule has 0 spiro atoms. The Kier molecular flexibility index (Phi) is 3.29. The molecule has 1 N–H and O–H groups in total. The third-order valence-electron chi connectivity index (χ3n) is 3.41. The predicted octanol–water partition coefficient (Wildman–Crippen LogP) is 2.90. The monoisotopic (exact) mass is 318 g/mol. The van der Waals surface area contributed by atoms with Crippen molar-refractivity contribution in [1.82, 2.24) is 9.55 Å². The first-order valence-corrected chi connectivity index (χ1v) is 7.29. The Balaban J connectivity index is 2.56. The van der Waals surface area contributed by atoms with E-state index in [1.807, 2.05) is 0 Å². The second kappa shape index (κ2) is 5.03. The highest BCUT2D eigenvalue weighted by Crippen LogP contribution is 2.24. The Morgan fingerprint density at radius 1 is 1.36 bits per heavy atom. The zero-order chi connectivity index (χ0) is 16.0. The minimum absolute atomic E-state index is 0.0954. The number of aromatic nitrogens is 2. The van der Waals surface area contributed by atoms with Crippen LogP contribution in [0.4, 0.5) is 4.39 Å². The Morgan fingerprint density at radius 3 is 2.68 bits per heavy atom. The molecule has 5 nitrogen and oxygen atoms in total. The van der Waals surface area contributed by atoms with Crippen LogP contribution in [0.15, 0.2) is 28.4 Å². The average molecular weight is 318 g/mol. The van der Waals surface area contributed by atoms with E-state index in [4.69, 9.17) is 0 Å². The lowest BCUT2D eigenvalue weighted by atomic mass is 10.0. The van der Waals surface area contributed by atoms with Crippen molar-refractivity contribution in [3.63, 3.8) is 0 Å². The number of rotatable bonds is 2. The van der Waals surface area contributed by atoms with E-state index in [0.717, 1.165) is 10.6 Å². The molecule has 22 heavy (non-hydrogen) atoms. The molecule has 0 fully saturated rings. The number of halogens is 1. The summed E-state index contributed by atoms with van der Waals surface area (Å²) in [6.45, 7) is 3.28. The number of aryl methyl sites for hydroxylation is 1. The van der Waals surface area contributed by atoms with Gasteiger partial charge >= 0.3 is 5.97 Å². The van der Waals surface area contributed by atoms with Gasteiger partial charge in [0.05, 0.1) is 16.6 Å². The van der Waals surface area contributed by atoms with Crippen molar-refractivity contribution >= 4 is 28.1 Å². The van der Waals surface area contributed by atoms with Crippen LogP contribution in [-0.2, 0) is 0 Å². The quantitative estimate of drug-likeness (QED) is 0.788. The van der Waals surface area contributed by atoms with Crippen LogP contribution in [0.2, 0.25) is 0 Å². The Bertz CT molecular complexity index is 975. The van der Waals surface area contributed by atoms with Crippen LogP contribution in [0.3, 0.4) is 0 Å². The van der Waals surface area contributed by atoms with E-state index in [9.17, 15) is 19.1 Å². The molecule has 0 bridgehead atoms. The number of carbonyl (C=O) groups is 1. The first-order chi connectivity index (χ1) is 10.4. The number of aromatic carboxylic acids is 1. The van der Waals surface area contributed by atoms with E-state index < -0.39 is 17.3 Å². The number of thiazole rings is 1. The summed E-state index contributed by atoms with van der Waals surface area (Å²) >= 11 is 1.20. The molecular weight excluding hydrogens is 307 g/mol. The van der Waals surface area contributed by atoms with Crippen molar-refractivity contribution in [2.24, 2.45) is 0 Å². The first kappa shape index (κ1) is 14.4. The van der Waals surface area contributed by atoms with E-state index >= 15 is 0 Å². The summed E-state index contributed by atoms with van der Waals surface area (Å²) in [6, 6.07) is 3.97. The molecule has 0 amide bonds. The first-order valence-electron chi connectivity index (χ1n) is 6.41. The van der Waals surface area contributed by atoms with Gasteiger partial charge in [0.15, 0.2) is 5.13 Å². The molecular formula is C15H11FN2O3S. The average Bonchev–Trinajstić information content (AvgIpc) is 2.84. The molecule has 0 atom stereocenters. The number of pyridine rings is 1. The van der Waals surface area contributed by atoms with Gasteiger partial charge in [0.2, 0.25) is 0 Å². The van der Waals surface area contributed by atoms with E-state index in [-0.39, 0.29) is 22.0 Å². The molecule has 0 saturated carbocycles. The van der Waals surface area contributed by atoms with Crippen LogP contribution < -0.4 is 5.56 Å². The van der Waals surface area contributed by atoms with Crippen LogP contribution in [0.5, 0.6) is 0 Å². The zero-order valence-electron chi connectivity index (χ0n) is 11.8. The summed E-state index contributed by atoms with van der Waals surface area (Å²) in [4.78, 5) is 28.4. The van der Waals surface area contributed by atoms with Crippen molar-refractivity contribution in [3.8, 4) is 5.13 Å². The number of hydrogen-bond donors (Lipinski definition) is 1. The smallest absolute Gasteiger partial charge is 0.338 e. The van der Waals surface area contributed by atoms with Crippen molar-refractivity contribution < 1.29 is 14.3 Å². The van der Waals surface area contributed by atoms with Gasteiger partial charge in [-0.05, 0) is 19.9 Å². The number of hydrogen-bond acceptors (Lipinski definition) is 4. The number of nitrogens with zero attached hydrogens (tertiary/aromatic N) is 2. The van der Waals surface area contributed by atoms with Crippen molar-refractivity contribution in [1.29, 1.82) is 0 Å². The molecule has 0 aliphatic heterocycles. The number of fused-ring (bicyclic) bond motifs is 1. The van der Waals surface area contributed by atoms with Gasteiger partial charge in [-0.25, -0.2) is 14.2 Å². The normalized spacial score (nSPS) is 11.0. The molecule has 7 heteroatoms. The van der Waals surface area contributed by atoms with Crippen LogP contribution in [0, 0.1) is 19.7 Å². The summed E-state index contributed by atoms with van der Waals surface area (Å²) in [5.74, 6) is -1.96. The lowest BCUT2D eigenvalue weighted by Gasteiger charge is -2.13. The Hall–Kier alpha value is -2.54. The van der Waals surface area contributed by atoms with Gasteiger partial charge in [-0.3, -0.25) is 9.36 Å². The molecule has 0 aliphatic carbocycles. The Labute approximate surface area is 128 Å². The van der Waals surface area contributed by atoms with Crippen LogP contribution in [0.1, 0.15) is 21.7 Å². The van der Waals surface area contributed by atoms with E-state index in [1.165, 1.54) is 30.4 Å². The molecule has 0 aliphatic rings. The fraction of sp³-hybridized carbons (Fsp3) is 0.133. The fourth-order valence-electron chi connectivity index (χ4n) is 2.47. The maximum atomic E-state index is 14.1. The van der Waals surface area contributed by atoms with Crippen LogP contribution in [0.25, 0.3) is 15.9 Å². The fourth-order valence-corrected chi connectivity index (χ4v) is 3.32. The molecule has 3 rings (SSSR count). The lowest BCUT2D eigenvalue weighted by molar-refractivity contribution is 0.0697. The van der Waals surface area contributed by atoms with Crippen LogP contribution >= 0.6 is 11.3 Å². The number of carboxylic acids is 1. The van der Waals surface area contributed by atoms with Crippen molar-refractivity contribution in [2.75, 3.05) is 0 Å². The molecule has 2 heterocycles.